The van der Waals surface area contributed by atoms with Gasteiger partial charge in [-0.3, -0.25) is 14.6 Å². The van der Waals surface area contributed by atoms with Crippen LogP contribution < -0.4 is 10.1 Å². The molecule has 3 aliphatic rings. The molecule has 0 bridgehead atoms. The van der Waals surface area contributed by atoms with Gasteiger partial charge in [0.2, 0.25) is 5.91 Å². The third-order valence-electron chi connectivity index (χ3n) is 5.83. The van der Waals surface area contributed by atoms with Crippen molar-refractivity contribution in [1.29, 1.82) is 0 Å². The van der Waals surface area contributed by atoms with Crippen LogP contribution in [0.25, 0.3) is 0 Å². The number of likely N-dealkylation sites (tertiary alicyclic amines) is 1. The van der Waals surface area contributed by atoms with E-state index in [9.17, 15) is 4.79 Å². The molecule has 142 valence electrons. The lowest BCUT2D eigenvalue weighted by Gasteiger charge is -2.55. The zero-order chi connectivity index (χ0) is 18.1. The summed E-state index contributed by atoms with van der Waals surface area (Å²) in [5.74, 6) is 1.78. The molecule has 1 aromatic rings. The molecular weight excluding hydrogens is 330 g/mol. The molecule has 1 aliphatic carbocycles. The van der Waals surface area contributed by atoms with Gasteiger partial charge in [-0.15, -0.1) is 0 Å². The normalized spacial score (nSPS) is 25.7. The highest BCUT2D eigenvalue weighted by atomic mass is 16.5. The minimum absolute atomic E-state index is 0.0747. The van der Waals surface area contributed by atoms with Crippen molar-refractivity contribution >= 4 is 5.91 Å². The first-order valence-electron chi connectivity index (χ1n) is 9.56. The van der Waals surface area contributed by atoms with Crippen molar-refractivity contribution in [2.75, 3.05) is 46.9 Å². The summed E-state index contributed by atoms with van der Waals surface area (Å²) in [4.78, 5) is 17.0. The van der Waals surface area contributed by atoms with Crippen molar-refractivity contribution in [3.8, 4) is 5.75 Å². The van der Waals surface area contributed by atoms with Crippen molar-refractivity contribution < 1.29 is 14.3 Å². The molecule has 6 heteroatoms. The monoisotopic (exact) mass is 359 g/mol. The van der Waals surface area contributed by atoms with Crippen LogP contribution in [0.4, 0.5) is 0 Å². The highest BCUT2D eigenvalue weighted by Crippen LogP contribution is 2.36. The average Bonchev–Trinajstić information content (AvgIpc) is 3.44. The number of likely N-dealkylation sites (N-methyl/N-ethyl adjacent to an activating group) is 1. The van der Waals surface area contributed by atoms with Crippen LogP contribution >= 0.6 is 0 Å². The Morgan fingerprint density at radius 1 is 1.31 bits per heavy atom. The molecule has 1 atom stereocenters. The van der Waals surface area contributed by atoms with E-state index in [0.29, 0.717) is 6.61 Å². The molecule has 6 nitrogen and oxygen atoms in total. The molecule has 2 heterocycles. The van der Waals surface area contributed by atoms with E-state index in [1.54, 1.807) is 14.2 Å². The predicted octanol–water partition coefficient (Wildman–Crippen LogP) is 1.11. The van der Waals surface area contributed by atoms with Crippen LogP contribution in [-0.4, -0.2) is 74.3 Å². The van der Waals surface area contributed by atoms with Gasteiger partial charge in [0.05, 0.1) is 13.7 Å². The molecule has 4 rings (SSSR count). The van der Waals surface area contributed by atoms with Gasteiger partial charge in [0.1, 0.15) is 17.4 Å². The van der Waals surface area contributed by atoms with Gasteiger partial charge in [0.25, 0.3) is 0 Å². The Bertz CT molecular complexity index is 655. The first kappa shape index (κ1) is 17.8. The van der Waals surface area contributed by atoms with E-state index in [2.05, 4.69) is 27.2 Å². The number of para-hydroxylation sites is 1. The van der Waals surface area contributed by atoms with Gasteiger partial charge in [-0.2, -0.15) is 0 Å². The summed E-state index contributed by atoms with van der Waals surface area (Å²) >= 11 is 0. The molecule has 1 unspecified atom stereocenters. The van der Waals surface area contributed by atoms with Crippen LogP contribution in [0.3, 0.4) is 0 Å². The van der Waals surface area contributed by atoms with Crippen molar-refractivity contribution in [2.45, 2.75) is 31.0 Å². The molecule has 0 aromatic heterocycles. The summed E-state index contributed by atoms with van der Waals surface area (Å²) < 4.78 is 11.7. The second-order valence-electron chi connectivity index (χ2n) is 7.95. The van der Waals surface area contributed by atoms with E-state index in [1.807, 2.05) is 12.1 Å². The summed E-state index contributed by atoms with van der Waals surface area (Å²) in [6.07, 6.45) is 2.59. The number of hydrogen-bond acceptors (Lipinski definition) is 5. The molecule has 26 heavy (non-hydrogen) atoms. The number of nitrogens with zero attached hydrogens (tertiary/aromatic N) is 2. The molecule has 3 fully saturated rings. The zero-order valence-corrected chi connectivity index (χ0v) is 15.7. The Kier molecular flexibility index (Phi) is 4.90. The van der Waals surface area contributed by atoms with E-state index in [0.717, 1.165) is 44.4 Å². The second-order valence-corrected chi connectivity index (χ2v) is 7.95. The SMILES string of the molecule is CNC(=O)C1COC2(CN(Cc3ccccc3OC)C2)CN1CC1CC1. The fourth-order valence-electron chi connectivity index (χ4n) is 4.27. The molecule has 1 amide bonds. The maximum absolute atomic E-state index is 12.2. The number of methoxy groups -OCH3 is 1. The van der Waals surface area contributed by atoms with Gasteiger partial charge >= 0.3 is 0 Å². The molecule has 1 aromatic carbocycles. The van der Waals surface area contributed by atoms with E-state index in [4.69, 9.17) is 9.47 Å². The standard InChI is InChI=1S/C20H29N3O3/c1-21-19(24)17-11-26-20(14-23(17)9-15-7-8-15)12-22(13-20)10-16-5-3-4-6-18(16)25-2/h3-6,15,17H,7-14H2,1-2H3,(H,21,24). The smallest absolute Gasteiger partial charge is 0.239 e. The van der Waals surface area contributed by atoms with Crippen molar-refractivity contribution in [1.82, 2.24) is 15.1 Å². The largest absolute Gasteiger partial charge is 0.496 e. The Morgan fingerprint density at radius 3 is 2.77 bits per heavy atom. The van der Waals surface area contributed by atoms with Crippen molar-refractivity contribution in [3.05, 3.63) is 29.8 Å². The highest BCUT2D eigenvalue weighted by molar-refractivity contribution is 5.81. The van der Waals surface area contributed by atoms with Gasteiger partial charge in [0, 0.05) is 45.3 Å². The Morgan fingerprint density at radius 2 is 2.08 bits per heavy atom. The van der Waals surface area contributed by atoms with Crippen molar-refractivity contribution in [2.24, 2.45) is 5.92 Å². The number of carbonyl (C=O) groups is 1. The molecule has 0 radical (unpaired) electrons. The molecule has 1 saturated carbocycles. The number of rotatable bonds is 6. The van der Waals surface area contributed by atoms with Gasteiger partial charge in [-0.25, -0.2) is 0 Å². The Labute approximate surface area is 155 Å². The number of ether oxygens (including phenoxy) is 2. The Hall–Kier alpha value is -1.63. The van der Waals surface area contributed by atoms with Crippen LogP contribution in [0.2, 0.25) is 0 Å². The maximum Gasteiger partial charge on any atom is 0.239 e. The van der Waals surface area contributed by atoms with Gasteiger partial charge in [0.15, 0.2) is 0 Å². The molecule has 2 saturated heterocycles. The summed E-state index contributed by atoms with van der Waals surface area (Å²) in [5.41, 5.74) is 1.08. The lowest BCUT2D eigenvalue weighted by Crippen LogP contribution is -2.72. The first-order valence-corrected chi connectivity index (χ1v) is 9.56. The number of hydrogen-bond donors (Lipinski definition) is 1. The van der Waals surface area contributed by atoms with E-state index in [1.165, 1.54) is 18.4 Å². The fourth-order valence-corrected chi connectivity index (χ4v) is 4.27. The minimum atomic E-state index is -0.144. The van der Waals surface area contributed by atoms with Crippen LogP contribution in [0, 0.1) is 5.92 Å². The second kappa shape index (κ2) is 7.18. The average molecular weight is 359 g/mol. The Balaban J connectivity index is 1.37. The predicted molar refractivity (Wildman–Crippen MR) is 99.1 cm³/mol. The molecule has 1 spiro atoms. The number of morpholine rings is 1. The number of benzene rings is 1. The lowest BCUT2D eigenvalue weighted by molar-refractivity contribution is -0.203. The summed E-state index contributed by atoms with van der Waals surface area (Å²) in [6.45, 7) is 5.06. The summed E-state index contributed by atoms with van der Waals surface area (Å²) in [5, 5.41) is 2.79. The topological polar surface area (TPSA) is 54.0 Å². The number of carbonyl (C=O) groups excluding carboxylic acids is 1. The molecular formula is C20H29N3O3. The summed E-state index contributed by atoms with van der Waals surface area (Å²) in [6, 6.07) is 8.03. The number of amides is 1. The molecule has 2 aliphatic heterocycles. The van der Waals surface area contributed by atoms with Gasteiger partial charge in [-0.1, -0.05) is 18.2 Å². The van der Waals surface area contributed by atoms with Crippen LogP contribution in [0.5, 0.6) is 5.75 Å². The van der Waals surface area contributed by atoms with Gasteiger partial charge < -0.3 is 14.8 Å². The van der Waals surface area contributed by atoms with Gasteiger partial charge in [-0.05, 0) is 24.8 Å². The maximum atomic E-state index is 12.2. The van der Waals surface area contributed by atoms with E-state index < -0.39 is 0 Å². The number of nitrogens with one attached hydrogen (secondary N) is 1. The third-order valence-corrected chi connectivity index (χ3v) is 5.83. The van der Waals surface area contributed by atoms with Crippen LogP contribution in [-0.2, 0) is 16.1 Å². The van der Waals surface area contributed by atoms with Crippen LogP contribution in [0.1, 0.15) is 18.4 Å². The third kappa shape index (κ3) is 3.59. The zero-order valence-electron chi connectivity index (χ0n) is 15.7. The minimum Gasteiger partial charge on any atom is -0.496 e. The first-order chi connectivity index (χ1) is 12.6. The fraction of sp³-hybridized carbons (Fsp3) is 0.650. The highest BCUT2D eigenvalue weighted by Gasteiger charge is 2.51. The lowest BCUT2D eigenvalue weighted by atomic mass is 9.89. The van der Waals surface area contributed by atoms with Crippen molar-refractivity contribution in [3.63, 3.8) is 0 Å². The van der Waals surface area contributed by atoms with E-state index in [-0.39, 0.29) is 17.6 Å². The summed E-state index contributed by atoms with van der Waals surface area (Å²) in [7, 11) is 3.43. The van der Waals surface area contributed by atoms with E-state index >= 15 is 0 Å². The van der Waals surface area contributed by atoms with Crippen LogP contribution in [0.15, 0.2) is 24.3 Å². The quantitative estimate of drug-likeness (QED) is 0.825. The molecule has 1 N–H and O–H groups in total.